The van der Waals surface area contributed by atoms with Crippen molar-refractivity contribution in [2.75, 3.05) is 48.6 Å². The quantitative estimate of drug-likeness (QED) is 0.681. The average Bonchev–Trinajstić information content (AvgIpc) is 2.58. The molecule has 1 aliphatic heterocycles. The maximum atomic E-state index is 12.5. The second-order valence-electron chi connectivity index (χ2n) is 6.02. The Morgan fingerprint density at radius 2 is 1.88 bits per heavy atom. The van der Waals surface area contributed by atoms with Gasteiger partial charge in [0.15, 0.2) is 0 Å². The van der Waals surface area contributed by atoms with Crippen LogP contribution in [0, 0.1) is 0 Å². The van der Waals surface area contributed by atoms with Crippen molar-refractivity contribution in [3.8, 4) is 0 Å². The molecule has 1 heterocycles. The van der Waals surface area contributed by atoms with Gasteiger partial charge in [0.25, 0.3) is 0 Å². The van der Waals surface area contributed by atoms with Crippen LogP contribution in [-0.4, -0.2) is 75.4 Å². The van der Waals surface area contributed by atoms with Crippen LogP contribution in [0.3, 0.4) is 0 Å². The Kier molecular flexibility index (Phi) is 6.19. The van der Waals surface area contributed by atoms with E-state index in [2.05, 4.69) is 5.32 Å². The Hall–Kier alpha value is -2.62. The molecular formula is C16H22N4O5S. The minimum absolute atomic E-state index is 0.280. The smallest absolute Gasteiger partial charge is 0.243 e. The van der Waals surface area contributed by atoms with E-state index in [1.54, 1.807) is 23.1 Å². The van der Waals surface area contributed by atoms with Crippen molar-refractivity contribution in [3.63, 3.8) is 0 Å². The van der Waals surface area contributed by atoms with Crippen molar-refractivity contribution in [2.45, 2.75) is 6.92 Å². The molecule has 3 amide bonds. The van der Waals surface area contributed by atoms with E-state index in [0.29, 0.717) is 37.6 Å². The molecule has 0 aliphatic carbocycles. The van der Waals surface area contributed by atoms with Gasteiger partial charge in [-0.1, -0.05) is 6.07 Å². The molecule has 2 rings (SSSR count). The van der Waals surface area contributed by atoms with E-state index >= 15 is 0 Å². The molecule has 26 heavy (non-hydrogen) atoms. The van der Waals surface area contributed by atoms with Crippen molar-refractivity contribution in [2.24, 2.45) is 0 Å². The predicted molar refractivity (Wildman–Crippen MR) is 97.2 cm³/mol. The summed E-state index contributed by atoms with van der Waals surface area (Å²) in [7, 11) is -3.71. The fraction of sp³-hybridized carbons (Fsp3) is 0.438. The van der Waals surface area contributed by atoms with Gasteiger partial charge in [-0.05, 0) is 18.2 Å². The third-order valence-electron chi connectivity index (χ3n) is 3.95. The fourth-order valence-corrected chi connectivity index (χ4v) is 3.48. The largest absolute Gasteiger partial charge is 0.342 e. The second kappa shape index (κ2) is 8.17. The monoisotopic (exact) mass is 382 g/mol. The van der Waals surface area contributed by atoms with E-state index in [1.165, 1.54) is 17.9 Å². The van der Waals surface area contributed by atoms with Crippen LogP contribution in [0.25, 0.3) is 0 Å². The van der Waals surface area contributed by atoms with Crippen LogP contribution >= 0.6 is 0 Å². The molecule has 0 spiro atoms. The zero-order valence-electron chi connectivity index (χ0n) is 14.7. The topological polar surface area (TPSA) is 107 Å². The summed E-state index contributed by atoms with van der Waals surface area (Å²) in [6.45, 7) is 2.58. The SMILES string of the molecule is CC(=O)Nc1cccc(N(CC(=O)N2CCN(C=O)CC2)S(C)(=O)=O)c1. The molecule has 0 atom stereocenters. The molecule has 1 saturated heterocycles. The molecule has 1 aliphatic rings. The Balaban J connectivity index is 2.17. The van der Waals surface area contributed by atoms with Crippen molar-refractivity contribution in [1.82, 2.24) is 9.80 Å². The van der Waals surface area contributed by atoms with Gasteiger partial charge in [-0.25, -0.2) is 8.42 Å². The molecule has 0 radical (unpaired) electrons. The summed E-state index contributed by atoms with van der Waals surface area (Å²) in [6.07, 6.45) is 1.76. The molecule has 0 aromatic heterocycles. The lowest BCUT2D eigenvalue weighted by atomic mass is 10.2. The van der Waals surface area contributed by atoms with Crippen molar-refractivity contribution in [1.29, 1.82) is 0 Å². The van der Waals surface area contributed by atoms with E-state index in [9.17, 15) is 22.8 Å². The molecule has 0 saturated carbocycles. The molecular weight excluding hydrogens is 360 g/mol. The highest BCUT2D eigenvalue weighted by Crippen LogP contribution is 2.22. The molecule has 0 unspecified atom stereocenters. The molecule has 1 aromatic rings. The number of nitrogens with one attached hydrogen (secondary N) is 1. The summed E-state index contributed by atoms with van der Waals surface area (Å²) < 4.78 is 25.4. The standard InChI is InChI=1S/C16H22N4O5S/c1-13(22)17-14-4-3-5-15(10-14)20(26(2,24)25)11-16(23)19-8-6-18(12-21)7-9-19/h3-5,10,12H,6-9,11H2,1-2H3,(H,17,22). The number of carbonyl (C=O) groups excluding carboxylic acids is 3. The highest BCUT2D eigenvalue weighted by molar-refractivity contribution is 7.92. The minimum Gasteiger partial charge on any atom is -0.342 e. The van der Waals surface area contributed by atoms with Crippen LogP contribution in [0.15, 0.2) is 24.3 Å². The molecule has 142 valence electrons. The fourth-order valence-electron chi connectivity index (χ4n) is 2.64. The number of carbonyl (C=O) groups is 3. The van der Waals surface area contributed by atoms with E-state index in [1.807, 2.05) is 0 Å². The summed E-state index contributed by atoms with van der Waals surface area (Å²) in [5.74, 6) is -0.622. The lowest BCUT2D eigenvalue weighted by Gasteiger charge is -2.34. The van der Waals surface area contributed by atoms with Gasteiger partial charge in [-0.2, -0.15) is 0 Å². The first-order valence-electron chi connectivity index (χ1n) is 8.03. The van der Waals surface area contributed by atoms with Crippen LogP contribution in [0.5, 0.6) is 0 Å². The molecule has 1 aromatic carbocycles. The summed E-state index contributed by atoms with van der Waals surface area (Å²) >= 11 is 0. The molecule has 9 nitrogen and oxygen atoms in total. The minimum atomic E-state index is -3.71. The van der Waals surface area contributed by atoms with Crippen LogP contribution in [0.1, 0.15) is 6.92 Å². The Morgan fingerprint density at radius 3 is 2.42 bits per heavy atom. The van der Waals surface area contributed by atoms with Gasteiger partial charge >= 0.3 is 0 Å². The van der Waals surface area contributed by atoms with E-state index in [-0.39, 0.29) is 18.4 Å². The molecule has 1 fully saturated rings. The van der Waals surface area contributed by atoms with Gasteiger partial charge in [0.05, 0.1) is 11.9 Å². The van der Waals surface area contributed by atoms with Gasteiger partial charge < -0.3 is 15.1 Å². The van der Waals surface area contributed by atoms with Crippen molar-refractivity contribution >= 4 is 39.6 Å². The zero-order chi connectivity index (χ0) is 19.3. The number of nitrogens with zero attached hydrogens (tertiary/aromatic N) is 3. The molecule has 10 heteroatoms. The van der Waals surface area contributed by atoms with Crippen molar-refractivity contribution in [3.05, 3.63) is 24.3 Å². The van der Waals surface area contributed by atoms with Crippen LogP contribution in [0.4, 0.5) is 11.4 Å². The van der Waals surface area contributed by atoms with Crippen molar-refractivity contribution < 1.29 is 22.8 Å². The second-order valence-corrected chi connectivity index (χ2v) is 7.93. The summed E-state index contributed by atoms with van der Waals surface area (Å²) in [5.41, 5.74) is 0.731. The summed E-state index contributed by atoms with van der Waals surface area (Å²) in [4.78, 5) is 37.6. The van der Waals surface area contributed by atoms with Gasteiger partial charge in [0.2, 0.25) is 28.2 Å². The normalized spacial score (nSPS) is 14.7. The number of anilines is 2. The highest BCUT2D eigenvalue weighted by atomic mass is 32.2. The average molecular weight is 382 g/mol. The zero-order valence-corrected chi connectivity index (χ0v) is 15.5. The number of sulfonamides is 1. The number of rotatable bonds is 6. The first kappa shape index (κ1) is 19.7. The predicted octanol–water partition coefficient (Wildman–Crippen LogP) is -0.288. The Bertz CT molecular complexity index is 788. The lowest BCUT2D eigenvalue weighted by molar-refractivity contribution is -0.133. The Morgan fingerprint density at radius 1 is 1.23 bits per heavy atom. The first-order chi connectivity index (χ1) is 12.2. The third-order valence-corrected chi connectivity index (χ3v) is 5.09. The van der Waals surface area contributed by atoms with Gasteiger partial charge in [0, 0.05) is 38.8 Å². The highest BCUT2D eigenvalue weighted by Gasteiger charge is 2.26. The van der Waals surface area contributed by atoms with E-state index in [0.717, 1.165) is 17.0 Å². The van der Waals surface area contributed by atoms with Gasteiger partial charge in [-0.3, -0.25) is 18.7 Å². The number of hydrogen-bond donors (Lipinski definition) is 1. The van der Waals surface area contributed by atoms with Gasteiger partial charge in [0.1, 0.15) is 6.54 Å². The Labute approximate surface area is 152 Å². The van der Waals surface area contributed by atoms with Crippen LogP contribution in [-0.2, 0) is 24.4 Å². The van der Waals surface area contributed by atoms with E-state index in [4.69, 9.17) is 0 Å². The van der Waals surface area contributed by atoms with E-state index < -0.39 is 10.0 Å². The summed E-state index contributed by atoms with van der Waals surface area (Å²) in [6, 6.07) is 6.29. The first-order valence-corrected chi connectivity index (χ1v) is 9.88. The molecule has 1 N–H and O–H groups in total. The number of hydrogen-bond acceptors (Lipinski definition) is 5. The summed E-state index contributed by atoms with van der Waals surface area (Å²) in [5, 5.41) is 2.59. The van der Waals surface area contributed by atoms with Gasteiger partial charge in [-0.15, -0.1) is 0 Å². The maximum Gasteiger partial charge on any atom is 0.243 e. The number of benzene rings is 1. The number of piperazine rings is 1. The van der Waals surface area contributed by atoms with Crippen LogP contribution < -0.4 is 9.62 Å². The molecule has 0 bridgehead atoms. The van der Waals surface area contributed by atoms with Crippen LogP contribution in [0.2, 0.25) is 0 Å². The maximum absolute atomic E-state index is 12.5. The number of amides is 3. The third kappa shape index (κ3) is 5.19. The lowest BCUT2D eigenvalue weighted by Crippen LogP contribution is -2.51.